The summed E-state index contributed by atoms with van der Waals surface area (Å²) in [5.41, 5.74) is 11.6. The molecule has 0 aliphatic rings. The molecule has 0 aliphatic heterocycles. The van der Waals surface area contributed by atoms with Gasteiger partial charge in [0.15, 0.2) is 5.82 Å². The molecular formula is C21H16F4N6O2. The number of halogens is 4. The SMILES string of the molecule is NC(=O)N(c1ccc(-c2c(CO)cn3ncnc(N)c23)cc1)c1cc(C(F)(F)F)ccc1F. The van der Waals surface area contributed by atoms with E-state index in [1.807, 2.05) is 0 Å². The summed E-state index contributed by atoms with van der Waals surface area (Å²) in [5, 5.41) is 13.8. The normalized spacial score (nSPS) is 11.7. The molecule has 2 amide bonds. The minimum absolute atomic E-state index is 0.0303. The van der Waals surface area contributed by atoms with Crippen LogP contribution in [-0.2, 0) is 12.8 Å². The minimum atomic E-state index is -4.74. The Morgan fingerprint density at radius 1 is 1.15 bits per heavy atom. The van der Waals surface area contributed by atoms with Crippen molar-refractivity contribution in [3.8, 4) is 11.1 Å². The molecule has 0 unspecified atom stereocenters. The molecule has 2 heterocycles. The highest BCUT2D eigenvalue weighted by atomic mass is 19.4. The van der Waals surface area contributed by atoms with E-state index in [2.05, 4.69) is 10.1 Å². The van der Waals surface area contributed by atoms with E-state index in [4.69, 9.17) is 11.5 Å². The van der Waals surface area contributed by atoms with Crippen LogP contribution in [0.15, 0.2) is 55.0 Å². The van der Waals surface area contributed by atoms with Gasteiger partial charge in [-0.3, -0.25) is 4.90 Å². The third-order valence-electron chi connectivity index (χ3n) is 5.00. The van der Waals surface area contributed by atoms with Gasteiger partial charge in [0.25, 0.3) is 0 Å². The summed E-state index contributed by atoms with van der Waals surface area (Å²) in [4.78, 5) is 16.7. The van der Waals surface area contributed by atoms with Crippen molar-refractivity contribution in [2.24, 2.45) is 5.73 Å². The van der Waals surface area contributed by atoms with Crippen molar-refractivity contribution in [1.29, 1.82) is 0 Å². The maximum Gasteiger partial charge on any atom is 0.416 e. The Labute approximate surface area is 183 Å². The number of aromatic nitrogens is 3. The van der Waals surface area contributed by atoms with Crippen LogP contribution in [0.3, 0.4) is 0 Å². The lowest BCUT2D eigenvalue weighted by atomic mass is 10.0. The Bertz CT molecular complexity index is 1350. The summed E-state index contributed by atoms with van der Waals surface area (Å²) in [6.07, 6.45) is -1.91. The van der Waals surface area contributed by atoms with Gasteiger partial charge in [-0.1, -0.05) is 12.1 Å². The van der Waals surface area contributed by atoms with E-state index >= 15 is 0 Å². The Morgan fingerprint density at radius 2 is 1.85 bits per heavy atom. The fourth-order valence-electron chi connectivity index (χ4n) is 3.55. The van der Waals surface area contributed by atoms with E-state index in [9.17, 15) is 27.5 Å². The molecule has 5 N–H and O–H groups in total. The largest absolute Gasteiger partial charge is 0.416 e. The third kappa shape index (κ3) is 3.91. The zero-order valence-electron chi connectivity index (χ0n) is 16.7. The summed E-state index contributed by atoms with van der Waals surface area (Å²) in [7, 11) is 0. The first kappa shape index (κ1) is 22.0. The zero-order valence-corrected chi connectivity index (χ0v) is 16.7. The highest BCUT2D eigenvalue weighted by Crippen LogP contribution is 2.37. The van der Waals surface area contributed by atoms with Crippen molar-refractivity contribution < 1.29 is 27.5 Å². The molecular weight excluding hydrogens is 444 g/mol. The van der Waals surface area contributed by atoms with Gasteiger partial charge in [0.2, 0.25) is 0 Å². The smallest absolute Gasteiger partial charge is 0.392 e. The lowest BCUT2D eigenvalue weighted by Gasteiger charge is -2.22. The summed E-state index contributed by atoms with van der Waals surface area (Å²) in [5.74, 6) is -0.898. The van der Waals surface area contributed by atoms with Gasteiger partial charge in [0, 0.05) is 17.3 Å². The Hall–Kier alpha value is -4.19. The van der Waals surface area contributed by atoms with Crippen LogP contribution in [0.25, 0.3) is 16.6 Å². The molecule has 8 nitrogen and oxygen atoms in total. The first-order valence-corrected chi connectivity index (χ1v) is 9.40. The number of primary amides is 1. The van der Waals surface area contributed by atoms with Crippen molar-refractivity contribution >= 4 is 28.7 Å². The standard InChI is InChI=1S/C21H16F4N6O2/c22-15-6-3-13(21(23,24)25)7-16(15)31(20(27)33)14-4-1-11(2-5-14)17-12(9-32)8-30-18(17)19(26)28-10-29-30/h1-8,10,32H,9H2,(H2,27,33)(H2,26,28,29). The van der Waals surface area contributed by atoms with Gasteiger partial charge in [-0.2, -0.15) is 18.3 Å². The van der Waals surface area contributed by atoms with Crippen LogP contribution in [0.2, 0.25) is 0 Å². The molecule has 2 aromatic carbocycles. The number of aliphatic hydroxyl groups is 1. The Morgan fingerprint density at radius 3 is 2.45 bits per heavy atom. The number of urea groups is 1. The van der Waals surface area contributed by atoms with Gasteiger partial charge in [0.05, 0.1) is 23.5 Å². The van der Waals surface area contributed by atoms with Crippen LogP contribution in [-0.4, -0.2) is 25.7 Å². The van der Waals surface area contributed by atoms with Crippen LogP contribution in [0.1, 0.15) is 11.1 Å². The van der Waals surface area contributed by atoms with Crippen molar-refractivity contribution in [1.82, 2.24) is 14.6 Å². The van der Waals surface area contributed by atoms with Crippen LogP contribution in [0, 0.1) is 5.82 Å². The van der Waals surface area contributed by atoms with E-state index < -0.39 is 29.3 Å². The molecule has 2 aromatic heterocycles. The molecule has 4 rings (SSSR count). The van der Waals surface area contributed by atoms with Gasteiger partial charge in [0.1, 0.15) is 17.7 Å². The second-order valence-electron chi connectivity index (χ2n) is 7.01. The number of hydrogen-bond acceptors (Lipinski definition) is 5. The third-order valence-corrected chi connectivity index (χ3v) is 5.00. The molecule has 170 valence electrons. The number of nitrogen functional groups attached to an aromatic ring is 1. The molecule has 0 saturated carbocycles. The predicted octanol–water partition coefficient (Wildman–Crippen LogP) is 3.85. The van der Waals surface area contributed by atoms with Gasteiger partial charge in [-0.15, -0.1) is 0 Å². The lowest BCUT2D eigenvalue weighted by molar-refractivity contribution is -0.137. The first-order chi connectivity index (χ1) is 15.6. The van der Waals surface area contributed by atoms with Crippen molar-refractivity contribution in [3.05, 3.63) is 71.9 Å². The molecule has 0 fully saturated rings. The van der Waals surface area contributed by atoms with E-state index in [0.29, 0.717) is 45.3 Å². The average Bonchev–Trinajstić information content (AvgIpc) is 3.15. The fraction of sp³-hybridized carbons (Fsp3) is 0.0952. The minimum Gasteiger partial charge on any atom is -0.392 e. The average molecular weight is 460 g/mol. The number of fused-ring (bicyclic) bond motifs is 1. The Balaban J connectivity index is 1.81. The molecule has 12 heteroatoms. The zero-order chi connectivity index (χ0) is 23.9. The number of benzene rings is 2. The summed E-state index contributed by atoms with van der Waals surface area (Å²) >= 11 is 0. The predicted molar refractivity (Wildman–Crippen MR) is 112 cm³/mol. The molecule has 33 heavy (non-hydrogen) atoms. The molecule has 0 atom stereocenters. The van der Waals surface area contributed by atoms with Crippen LogP contribution >= 0.6 is 0 Å². The van der Waals surface area contributed by atoms with E-state index in [-0.39, 0.29) is 18.1 Å². The number of nitrogens with two attached hydrogens (primary N) is 2. The monoisotopic (exact) mass is 460 g/mol. The van der Waals surface area contributed by atoms with Crippen molar-refractivity contribution in [3.63, 3.8) is 0 Å². The van der Waals surface area contributed by atoms with Gasteiger partial charge < -0.3 is 16.6 Å². The number of carbonyl (C=O) groups excluding carboxylic acids is 1. The molecule has 0 aliphatic carbocycles. The van der Waals surface area contributed by atoms with Crippen molar-refractivity contribution in [2.75, 3.05) is 10.6 Å². The highest BCUT2D eigenvalue weighted by molar-refractivity contribution is 5.99. The number of rotatable bonds is 4. The van der Waals surface area contributed by atoms with Crippen molar-refractivity contribution in [2.45, 2.75) is 12.8 Å². The summed E-state index contributed by atoms with van der Waals surface area (Å²) in [6.45, 7) is -0.331. The first-order valence-electron chi connectivity index (χ1n) is 9.40. The molecule has 0 saturated heterocycles. The number of nitrogens with zero attached hydrogens (tertiary/aromatic N) is 4. The number of hydrogen-bond donors (Lipinski definition) is 3. The molecule has 0 radical (unpaired) electrons. The quantitative estimate of drug-likeness (QED) is 0.400. The number of amides is 2. The highest BCUT2D eigenvalue weighted by Gasteiger charge is 2.32. The van der Waals surface area contributed by atoms with Crippen LogP contribution in [0.4, 0.5) is 39.5 Å². The maximum absolute atomic E-state index is 14.4. The van der Waals surface area contributed by atoms with Gasteiger partial charge >= 0.3 is 12.2 Å². The van der Waals surface area contributed by atoms with E-state index in [1.54, 1.807) is 6.20 Å². The number of anilines is 3. The van der Waals surface area contributed by atoms with E-state index in [1.165, 1.54) is 35.1 Å². The lowest BCUT2D eigenvalue weighted by Crippen LogP contribution is -2.32. The van der Waals surface area contributed by atoms with Gasteiger partial charge in [-0.05, 0) is 35.9 Å². The topological polar surface area (TPSA) is 123 Å². The Kier molecular flexibility index (Phi) is 5.38. The second kappa shape index (κ2) is 8.06. The molecule has 4 aromatic rings. The molecule has 0 bridgehead atoms. The number of aliphatic hydroxyl groups excluding tert-OH is 1. The van der Waals surface area contributed by atoms with Crippen LogP contribution in [0.5, 0.6) is 0 Å². The van der Waals surface area contributed by atoms with Gasteiger partial charge in [-0.25, -0.2) is 18.7 Å². The van der Waals surface area contributed by atoms with E-state index in [0.717, 1.165) is 0 Å². The second-order valence-corrected chi connectivity index (χ2v) is 7.01. The fourth-order valence-corrected chi connectivity index (χ4v) is 3.55. The van der Waals surface area contributed by atoms with Crippen LogP contribution < -0.4 is 16.4 Å². The summed E-state index contributed by atoms with van der Waals surface area (Å²) < 4.78 is 55.2. The number of alkyl halides is 3. The summed E-state index contributed by atoms with van der Waals surface area (Å²) in [6, 6.07) is 6.33. The molecule has 0 spiro atoms. The maximum atomic E-state index is 14.4. The number of carbonyl (C=O) groups is 1.